The predicted molar refractivity (Wildman–Crippen MR) is 111 cm³/mol. The molecule has 8 nitrogen and oxygen atoms in total. The SMILES string of the molecule is CN(C)CC(N)c1nccc(-c2nccc(C#Cc3ccc4[nH]ncc4c3)n2)n1. The van der Waals surface area contributed by atoms with E-state index >= 15 is 0 Å². The molecular formula is C21H20N8. The second-order valence-electron chi connectivity index (χ2n) is 6.86. The van der Waals surface area contributed by atoms with E-state index in [1.807, 2.05) is 37.2 Å². The van der Waals surface area contributed by atoms with Crippen molar-refractivity contribution < 1.29 is 0 Å². The molecular weight excluding hydrogens is 364 g/mol. The van der Waals surface area contributed by atoms with E-state index < -0.39 is 0 Å². The quantitative estimate of drug-likeness (QED) is 0.516. The molecule has 0 radical (unpaired) electrons. The number of hydrogen-bond acceptors (Lipinski definition) is 7. The number of nitrogens with one attached hydrogen (secondary N) is 1. The van der Waals surface area contributed by atoms with Gasteiger partial charge in [-0.05, 0) is 50.3 Å². The standard InChI is InChI=1S/C21H20N8/c1-29(2)13-17(22)20-23-10-8-19(27-20)21-24-9-7-16(26-21)5-3-14-4-6-18-15(11-14)12-25-28-18/h4,6-12,17H,13,22H2,1-2H3,(H,25,28). The molecule has 3 N–H and O–H groups in total. The fourth-order valence-corrected chi connectivity index (χ4v) is 2.86. The molecule has 29 heavy (non-hydrogen) atoms. The van der Waals surface area contributed by atoms with Crippen LogP contribution in [0.1, 0.15) is 23.1 Å². The van der Waals surface area contributed by atoms with Gasteiger partial charge < -0.3 is 10.6 Å². The lowest BCUT2D eigenvalue weighted by Crippen LogP contribution is -2.27. The zero-order valence-corrected chi connectivity index (χ0v) is 16.2. The number of rotatable bonds is 4. The lowest BCUT2D eigenvalue weighted by molar-refractivity contribution is 0.370. The highest BCUT2D eigenvalue weighted by atomic mass is 15.1. The minimum atomic E-state index is -0.286. The molecule has 0 spiro atoms. The smallest absolute Gasteiger partial charge is 0.179 e. The first-order valence-corrected chi connectivity index (χ1v) is 9.10. The van der Waals surface area contributed by atoms with E-state index in [0.717, 1.165) is 16.5 Å². The third-order valence-corrected chi connectivity index (χ3v) is 4.23. The second kappa shape index (κ2) is 8.14. The van der Waals surface area contributed by atoms with Crippen LogP contribution in [-0.4, -0.2) is 55.7 Å². The van der Waals surface area contributed by atoms with Gasteiger partial charge in [0.2, 0.25) is 0 Å². The zero-order valence-electron chi connectivity index (χ0n) is 16.2. The molecule has 0 amide bonds. The van der Waals surface area contributed by atoms with Crippen LogP contribution < -0.4 is 5.73 Å². The molecule has 3 heterocycles. The van der Waals surface area contributed by atoms with Gasteiger partial charge in [0.05, 0.1) is 17.8 Å². The van der Waals surface area contributed by atoms with Crippen LogP contribution >= 0.6 is 0 Å². The van der Waals surface area contributed by atoms with E-state index in [-0.39, 0.29) is 6.04 Å². The summed E-state index contributed by atoms with van der Waals surface area (Å²) in [5.41, 5.74) is 9.28. The summed E-state index contributed by atoms with van der Waals surface area (Å²) in [6.45, 7) is 0.650. The molecule has 1 unspecified atom stereocenters. The van der Waals surface area contributed by atoms with E-state index in [1.54, 1.807) is 30.7 Å². The van der Waals surface area contributed by atoms with E-state index in [0.29, 0.717) is 29.6 Å². The lowest BCUT2D eigenvalue weighted by atomic mass is 10.1. The molecule has 4 rings (SSSR count). The Morgan fingerprint density at radius 3 is 2.79 bits per heavy atom. The third-order valence-electron chi connectivity index (χ3n) is 4.23. The number of fused-ring (bicyclic) bond motifs is 1. The Bertz CT molecular complexity index is 1200. The van der Waals surface area contributed by atoms with Gasteiger partial charge in [0.25, 0.3) is 0 Å². The number of H-pyrrole nitrogens is 1. The highest BCUT2D eigenvalue weighted by Gasteiger charge is 2.12. The second-order valence-corrected chi connectivity index (χ2v) is 6.86. The van der Waals surface area contributed by atoms with E-state index in [4.69, 9.17) is 5.73 Å². The van der Waals surface area contributed by atoms with Crippen molar-refractivity contribution >= 4 is 10.9 Å². The first kappa shape index (κ1) is 18.7. The molecule has 1 atom stereocenters. The number of nitrogens with two attached hydrogens (primary N) is 1. The molecule has 0 bridgehead atoms. The van der Waals surface area contributed by atoms with E-state index in [2.05, 4.69) is 42.0 Å². The predicted octanol–water partition coefficient (Wildman–Crippen LogP) is 1.77. The number of aromatic amines is 1. The molecule has 0 fully saturated rings. The number of likely N-dealkylation sites (N-methyl/N-ethyl adjacent to an activating group) is 1. The van der Waals surface area contributed by atoms with Crippen LogP contribution in [0.25, 0.3) is 22.4 Å². The minimum absolute atomic E-state index is 0.286. The van der Waals surface area contributed by atoms with Crippen LogP contribution in [-0.2, 0) is 0 Å². The van der Waals surface area contributed by atoms with Gasteiger partial charge in [-0.15, -0.1) is 0 Å². The largest absolute Gasteiger partial charge is 0.320 e. The monoisotopic (exact) mass is 384 g/mol. The molecule has 144 valence electrons. The normalized spacial score (nSPS) is 12.0. The summed E-state index contributed by atoms with van der Waals surface area (Å²) in [7, 11) is 3.92. The van der Waals surface area contributed by atoms with Gasteiger partial charge in [0.15, 0.2) is 5.82 Å². The number of benzene rings is 1. The van der Waals surface area contributed by atoms with Gasteiger partial charge in [-0.3, -0.25) is 5.10 Å². The molecule has 0 saturated carbocycles. The van der Waals surface area contributed by atoms with Gasteiger partial charge in [-0.2, -0.15) is 5.10 Å². The Balaban J connectivity index is 1.59. The van der Waals surface area contributed by atoms with Gasteiger partial charge in [-0.1, -0.05) is 5.92 Å². The average Bonchev–Trinajstić information content (AvgIpc) is 3.20. The van der Waals surface area contributed by atoms with Crippen molar-refractivity contribution in [3.63, 3.8) is 0 Å². The molecule has 0 saturated heterocycles. The fraction of sp³-hybridized carbons (Fsp3) is 0.190. The number of hydrogen-bond donors (Lipinski definition) is 2. The summed E-state index contributed by atoms with van der Waals surface area (Å²) in [4.78, 5) is 19.7. The maximum atomic E-state index is 6.18. The first-order valence-electron chi connectivity index (χ1n) is 9.10. The molecule has 0 aliphatic carbocycles. The lowest BCUT2D eigenvalue weighted by Gasteiger charge is -2.15. The molecule has 0 aliphatic heterocycles. The van der Waals surface area contributed by atoms with Crippen LogP contribution in [0.3, 0.4) is 0 Å². The molecule has 3 aromatic heterocycles. The third kappa shape index (κ3) is 4.43. The van der Waals surface area contributed by atoms with Gasteiger partial charge in [0.1, 0.15) is 17.2 Å². The summed E-state index contributed by atoms with van der Waals surface area (Å²) < 4.78 is 0. The fourth-order valence-electron chi connectivity index (χ4n) is 2.86. The Morgan fingerprint density at radius 1 is 1.07 bits per heavy atom. The Hall–Kier alpha value is -3.67. The first-order chi connectivity index (χ1) is 14.1. The molecule has 0 aliphatic rings. The van der Waals surface area contributed by atoms with Crippen molar-refractivity contribution in [1.82, 2.24) is 35.0 Å². The average molecular weight is 384 g/mol. The van der Waals surface area contributed by atoms with Crippen LogP contribution in [0.5, 0.6) is 0 Å². The topological polar surface area (TPSA) is 110 Å². The van der Waals surface area contributed by atoms with Crippen LogP contribution in [0, 0.1) is 11.8 Å². The zero-order chi connectivity index (χ0) is 20.2. The Morgan fingerprint density at radius 2 is 1.93 bits per heavy atom. The minimum Gasteiger partial charge on any atom is -0.320 e. The van der Waals surface area contributed by atoms with Crippen molar-refractivity contribution in [1.29, 1.82) is 0 Å². The van der Waals surface area contributed by atoms with Crippen LogP contribution in [0.15, 0.2) is 48.9 Å². The molecule has 4 aromatic rings. The summed E-state index contributed by atoms with van der Waals surface area (Å²) in [6, 6.07) is 9.13. The summed E-state index contributed by atoms with van der Waals surface area (Å²) in [5.74, 6) is 7.27. The molecule has 1 aromatic carbocycles. The van der Waals surface area contributed by atoms with Gasteiger partial charge >= 0.3 is 0 Å². The molecule has 8 heteroatoms. The van der Waals surface area contributed by atoms with Gasteiger partial charge in [-0.25, -0.2) is 19.9 Å². The number of aromatic nitrogens is 6. The van der Waals surface area contributed by atoms with Crippen molar-refractivity contribution in [2.45, 2.75) is 6.04 Å². The van der Waals surface area contributed by atoms with E-state index in [1.165, 1.54) is 0 Å². The van der Waals surface area contributed by atoms with Gasteiger partial charge in [0, 0.05) is 29.9 Å². The maximum absolute atomic E-state index is 6.18. The Kier molecular flexibility index (Phi) is 5.24. The highest BCUT2D eigenvalue weighted by molar-refractivity contribution is 5.79. The Labute approximate surface area is 168 Å². The van der Waals surface area contributed by atoms with Crippen LogP contribution in [0.2, 0.25) is 0 Å². The van der Waals surface area contributed by atoms with Crippen LogP contribution in [0.4, 0.5) is 0 Å². The summed E-state index contributed by atoms with van der Waals surface area (Å²) >= 11 is 0. The number of nitrogens with zero attached hydrogens (tertiary/aromatic N) is 6. The highest BCUT2D eigenvalue weighted by Crippen LogP contribution is 2.15. The van der Waals surface area contributed by atoms with Crippen molar-refractivity contribution in [3.05, 3.63) is 66.0 Å². The maximum Gasteiger partial charge on any atom is 0.179 e. The van der Waals surface area contributed by atoms with Crippen molar-refractivity contribution in [2.24, 2.45) is 5.73 Å². The van der Waals surface area contributed by atoms with Crippen molar-refractivity contribution in [2.75, 3.05) is 20.6 Å². The van der Waals surface area contributed by atoms with E-state index in [9.17, 15) is 0 Å². The van der Waals surface area contributed by atoms with Crippen molar-refractivity contribution in [3.8, 4) is 23.4 Å². The summed E-state index contributed by atoms with van der Waals surface area (Å²) in [5, 5.41) is 7.97. The summed E-state index contributed by atoms with van der Waals surface area (Å²) in [6.07, 6.45) is 5.12.